The van der Waals surface area contributed by atoms with E-state index >= 15 is 0 Å². The molecule has 0 spiro atoms. The van der Waals surface area contributed by atoms with E-state index < -0.39 is 0 Å². The molecule has 2 aromatic rings. The lowest BCUT2D eigenvalue weighted by atomic mass is 10.0. The summed E-state index contributed by atoms with van der Waals surface area (Å²) in [7, 11) is 0. The smallest absolute Gasteiger partial charge is 0.139 e. The summed E-state index contributed by atoms with van der Waals surface area (Å²) in [5, 5.41) is 0. The molecule has 2 unspecified atom stereocenters. The molecule has 0 bridgehead atoms. The van der Waals surface area contributed by atoms with Crippen LogP contribution in [0.3, 0.4) is 0 Å². The van der Waals surface area contributed by atoms with Gasteiger partial charge in [-0.1, -0.05) is 35.0 Å². The zero-order chi connectivity index (χ0) is 14.5. The number of nitrogens with two attached hydrogens (primary N) is 1. The predicted octanol–water partition coefficient (Wildman–Crippen LogP) is 4.91. The Bertz CT molecular complexity index is 559. The van der Waals surface area contributed by atoms with Crippen molar-refractivity contribution in [2.45, 2.75) is 25.5 Å². The molecule has 0 aliphatic rings. The lowest BCUT2D eigenvalue weighted by Crippen LogP contribution is -2.31. The molecule has 2 aromatic carbocycles. The summed E-state index contributed by atoms with van der Waals surface area (Å²) in [6.07, 6.45) is 0.721. The Morgan fingerprint density at radius 2 is 1.90 bits per heavy atom. The SMILES string of the molecule is CCC(N)C(Oc1ccc(I)cc1)c1cccc(Br)c1. The predicted molar refractivity (Wildman–Crippen MR) is 94.9 cm³/mol. The number of benzene rings is 2. The van der Waals surface area contributed by atoms with Gasteiger partial charge < -0.3 is 10.5 Å². The van der Waals surface area contributed by atoms with Gasteiger partial charge >= 0.3 is 0 Å². The van der Waals surface area contributed by atoms with Gasteiger partial charge in [0.05, 0.1) is 0 Å². The van der Waals surface area contributed by atoms with Crippen molar-refractivity contribution >= 4 is 38.5 Å². The summed E-state index contributed by atoms with van der Waals surface area (Å²) in [6.45, 7) is 2.08. The first kappa shape index (κ1) is 15.8. The van der Waals surface area contributed by atoms with Gasteiger partial charge in [-0.2, -0.15) is 0 Å². The van der Waals surface area contributed by atoms with Crippen LogP contribution < -0.4 is 10.5 Å². The van der Waals surface area contributed by atoms with Crippen molar-refractivity contribution in [1.82, 2.24) is 0 Å². The second kappa shape index (κ2) is 7.43. The third-order valence-electron chi connectivity index (χ3n) is 3.11. The number of hydrogen-bond donors (Lipinski definition) is 1. The van der Waals surface area contributed by atoms with E-state index in [0.717, 1.165) is 22.2 Å². The highest BCUT2D eigenvalue weighted by molar-refractivity contribution is 14.1. The number of rotatable bonds is 5. The summed E-state index contributed by atoms with van der Waals surface area (Å²) in [4.78, 5) is 0. The van der Waals surface area contributed by atoms with E-state index in [9.17, 15) is 0 Å². The minimum atomic E-state index is -0.141. The highest BCUT2D eigenvalue weighted by atomic mass is 127. The standard InChI is InChI=1S/C16H17BrINO/c1-2-15(19)16(11-4-3-5-12(17)10-11)20-14-8-6-13(18)7-9-14/h3-10,15-16H,2,19H2,1H3. The molecule has 0 saturated carbocycles. The highest BCUT2D eigenvalue weighted by Gasteiger charge is 2.20. The number of ether oxygens (including phenoxy) is 1. The van der Waals surface area contributed by atoms with Crippen molar-refractivity contribution in [3.05, 3.63) is 62.1 Å². The van der Waals surface area contributed by atoms with Crippen molar-refractivity contribution < 1.29 is 4.74 Å². The molecular weight excluding hydrogens is 429 g/mol. The van der Waals surface area contributed by atoms with Gasteiger partial charge in [0.2, 0.25) is 0 Å². The van der Waals surface area contributed by atoms with Gasteiger partial charge in [0.25, 0.3) is 0 Å². The van der Waals surface area contributed by atoms with Gasteiger partial charge in [-0.15, -0.1) is 0 Å². The van der Waals surface area contributed by atoms with E-state index in [1.807, 2.05) is 36.4 Å². The maximum atomic E-state index is 6.24. The molecule has 2 nitrogen and oxygen atoms in total. The van der Waals surface area contributed by atoms with E-state index in [-0.39, 0.29) is 12.1 Å². The first-order valence-corrected chi connectivity index (χ1v) is 8.40. The largest absolute Gasteiger partial charge is 0.484 e. The quantitative estimate of drug-likeness (QED) is 0.663. The molecule has 4 heteroatoms. The fraction of sp³-hybridized carbons (Fsp3) is 0.250. The van der Waals surface area contributed by atoms with Crippen LogP contribution in [0.2, 0.25) is 0 Å². The van der Waals surface area contributed by atoms with Crippen molar-refractivity contribution in [2.75, 3.05) is 0 Å². The Labute approximate surface area is 142 Å². The average molecular weight is 446 g/mol. The van der Waals surface area contributed by atoms with Crippen LogP contribution in [0.1, 0.15) is 25.0 Å². The van der Waals surface area contributed by atoms with E-state index in [2.05, 4.69) is 57.6 Å². The zero-order valence-corrected chi connectivity index (χ0v) is 15.0. The maximum absolute atomic E-state index is 6.24. The van der Waals surface area contributed by atoms with Crippen LogP contribution in [0.5, 0.6) is 5.75 Å². The Morgan fingerprint density at radius 3 is 2.50 bits per heavy atom. The maximum Gasteiger partial charge on any atom is 0.139 e. The molecule has 0 fully saturated rings. The average Bonchev–Trinajstić information content (AvgIpc) is 2.46. The molecule has 0 aliphatic carbocycles. The van der Waals surface area contributed by atoms with Crippen LogP contribution in [0.15, 0.2) is 53.0 Å². The van der Waals surface area contributed by atoms with Crippen LogP contribution in [0, 0.1) is 3.57 Å². The number of halogens is 2. The summed E-state index contributed by atoms with van der Waals surface area (Å²) in [5.74, 6) is 0.847. The van der Waals surface area contributed by atoms with E-state index in [4.69, 9.17) is 10.5 Å². The molecule has 0 radical (unpaired) electrons. The van der Waals surface area contributed by atoms with Crippen molar-refractivity contribution in [1.29, 1.82) is 0 Å². The molecule has 20 heavy (non-hydrogen) atoms. The van der Waals surface area contributed by atoms with Crippen LogP contribution >= 0.6 is 38.5 Å². The topological polar surface area (TPSA) is 35.2 Å². The molecule has 0 aromatic heterocycles. The van der Waals surface area contributed by atoms with E-state index in [0.29, 0.717) is 0 Å². The van der Waals surface area contributed by atoms with Crippen molar-refractivity contribution in [3.63, 3.8) is 0 Å². The Kier molecular flexibility index (Phi) is 5.86. The van der Waals surface area contributed by atoms with E-state index in [1.54, 1.807) is 0 Å². The lowest BCUT2D eigenvalue weighted by Gasteiger charge is -2.25. The molecule has 106 valence electrons. The third kappa shape index (κ3) is 4.20. The highest BCUT2D eigenvalue weighted by Crippen LogP contribution is 2.27. The fourth-order valence-electron chi connectivity index (χ4n) is 1.96. The fourth-order valence-corrected chi connectivity index (χ4v) is 2.74. The van der Waals surface area contributed by atoms with Gasteiger partial charge in [-0.25, -0.2) is 0 Å². The van der Waals surface area contributed by atoms with Crippen molar-refractivity contribution in [2.24, 2.45) is 5.73 Å². The normalized spacial score (nSPS) is 13.8. The van der Waals surface area contributed by atoms with Crippen LogP contribution in [-0.2, 0) is 0 Å². The molecular formula is C16H17BrINO. The van der Waals surface area contributed by atoms with Crippen LogP contribution in [-0.4, -0.2) is 6.04 Å². The Hall–Kier alpha value is -0.590. The van der Waals surface area contributed by atoms with E-state index in [1.165, 1.54) is 3.57 Å². The monoisotopic (exact) mass is 445 g/mol. The minimum Gasteiger partial charge on any atom is -0.484 e. The summed E-state index contributed by atoms with van der Waals surface area (Å²) in [5.41, 5.74) is 7.33. The van der Waals surface area contributed by atoms with Crippen LogP contribution in [0.25, 0.3) is 0 Å². The second-order valence-corrected chi connectivity index (χ2v) is 6.78. The molecule has 0 aliphatic heterocycles. The van der Waals surface area contributed by atoms with Gasteiger partial charge in [0.1, 0.15) is 11.9 Å². The lowest BCUT2D eigenvalue weighted by molar-refractivity contribution is 0.171. The summed E-state index contributed by atoms with van der Waals surface area (Å²) in [6, 6.07) is 16.1. The van der Waals surface area contributed by atoms with Crippen LogP contribution in [0.4, 0.5) is 0 Å². The summed E-state index contributed by atoms with van der Waals surface area (Å²) >= 11 is 5.78. The summed E-state index contributed by atoms with van der Waals surface area (Å²) < 4.78 is 8.34. The first-order valence-electron chi connectivity index (χ1n) is 6.53. The Balaban J connectivity index is 2.26. The third-order valence-corrected chi connectivity index (χ3v) is 4.33. The van der Waals surface area contributed by atoms with Gasteiger partial charge in [-0.3, -0.25) is 0 Å². The van der Waals surface area contributed by atoms with Gasteiger partial charge in [0, 0.05) is 14.1 Å². The molecule has 2 N–H and O–H groups in total. The molecule has 0 heterocycles. The number of hydrogen-bond acceptors (Lipinski definition) is 2. The van der Waals surface area contributed by atoms with Gasteiger partial charge in [-0.05, 0) is 71.0 Å². The van der Waals surface area contributed by atoms with Gasteiger partial charge in [0.15, 0.2) is 0 Å². The molecule has 2 atom stereocenters. The van der Waals surface area contributed by atoms with Crippen molar-refractivity contribution in [3.8, 4) is 5.75 Å². The minimum absolute atomic E-state index is 0.0384. The Morgan fingerprint density at radius 1 is 1.20 bits per heavy atom. The molecule has 0 amide bonds. The molecule has 2 rings (SSSR count). The zero-order valence-electron chi connectivity index (χ0n) is 11.2. The second-order valence-electron chi connectivity index (χ2n) is 4.62. The first-order chi connectivity index (χ1) is 9.60. The molecule has 0 saturated heterocycles.